The van der Waals surface area contributed by atoms with Crippen LogP contribution in [0.3, 0.4) is 0 Å². The van der Waals surface area contributed by atoms with Crippen molar-refractivity contribution in [1.29, 1.82) is 0 Å². The molecule has 2 amide bonds. The second kappa shape index (κ2) is 12.7. The number of benzene rings is 1. The third kappa shape index (κ3) is 8.86. The van der Waals surface area contributed by atoms with E-state index in [1.54, 1.807) is 13.0 Å². The summed E-state index contributed by atoms with van der Waals surface area (Å²) >= 11 is 0.962. The molecule has 2 aromatic rings. The molecular weight excluding hydrogens is 502 g/mol. The number of carbonyl (C=O) groups is 4. The van der Waals surface area contributed by atoms with Gasteiger partial charge in [0.05, 0.1) is 16.9 Å². The Morgan fingerprint density at radius 2 is 1.77 bits per heavy atom. The van der Waals surface area contributed by atoms with Gasteiger partial charge in [0.1, 0.15) is 6.04 Å². The number of ether oxygens (including phenoxy) is 1. The summed E-state index contributed by atoms with van der Waals surface area (Å²) in [5.74, 6) is -5.64. The summed E-state index contributed by atoms with van der Waals surface area (Å²) in [6, 6.07) is 4.32. The Kier molecular flexibility index (Phi) is 10.6. The highest BCUT2D eigenvalue weighted by molar-refractivity contribution is 7.16. The average Bonchev–Trinajstić information content (AvgIpc) is 3.19. The monoisotopic (exact) mass is 523 g/mol. The molecule has 0 unspecified atom stereocenters. The molecule has 0 aliphatic carbocycles. The lowest BCUT2D eigenvalue weighted by molar-refractivity contribution is -0.192. The van der Waals surface area contributed by atoms with Gasteiger partial charge in [0.2, 0.25) is 0 Å². The fourth-order valence-electron chi connectivity index (χ4n) is 2.34. The number of halogens is 4. The van der Waals surface area contributed by atoms with Crippen LogP contribution in [-0.2, 0) is 20.9 Å². The smallest absolute Gasteiger partial charge is 0.490 e. The second-order valence-corrected chi connectivity index (χ2v) is 7.73. The number of carboxylic acid groups (broad SMARTS) is 1. The van der Waals surface area contributed by atoms with Gasteiger partial charge in [-0.2, -0.15) is 13.2 Å². The average molecular weight is 523 g/mol. The summed E-state index contributed by atoms with van der Waals surface area (Å²) in [5, 5.41) is 21.6. The van der Waals surface area contributed by atoms with Gasteiger partial charge in [-0.05, 0) is 36.2 Å². The SMILES string of the molecule is COC(=O)[C@H](CN)NC(=O)c1sc(C(=O)NCc2ccc(F)c(O)c2)cc1C.O=C(O)C(F)(F)F. The Balaban J connectivity index is 0.000000762. The molecule has 2 rings (SSSR count). The van der Waals surface area contributed by atoms with Crippen LogP contribution in [0.1, 0.15) is 30.5 Å². The molecular formula is C20H21F4N3O7S. The van der Waals surface area contributed by atoms with Gasteiger partial charge >= 0.3 is 18.1 Å². The highest BCUT2D eigenvalue weighted by Crippen LogP contribution is 2.22. The number of nitrogens with two attached hydrogens (primary N) is 1. The first-order chi connectivity index (χ1) is 16.2. The van der Waals surface area contributed by atoms with Gasteiger partial charge in [-0.25, -0.2) is 14.0 Å². The molecule has 35 heavy (non-hydrogen) atoms. The van der Waals surface area contributed by atoms with E-state index in [-0.39, 0.29) is 22.8 Å². The van der Waals surface area contributed by atoms with Crippen molar-refractivity contribution in [1.82, 2.24) is 10.6 Å². The Bertz CT molecular complexity index is 1090. The van der Waals surface area contributed by atoms with E-state index in [1.807, 2.05) is 0 Å². The first-order valence-corrected chi connectivity index (χ1v) is 10.3. The van der Waals surface area contributed by atoms with E-state index in [9.17, 15) is 37.1 Å². The molecule has 192 valence electrons. The number of aliphatic carboxylic acids is 1. The molecule has 1 heterocycles. The van der Waals surface area contributed by atoms with Gasteiger partial charge in [-0.3, -0.25) is 9.59 Å². The van der Waals surface area contributed by atoms with Crippen LogP contribution < -0.4 is 16.4 Å². The minimum absolute atomic E-state index is 0.0722. The third-order valence-corrected chi connectivity index (χ3v) is 5.32. The van der Waals surface area contributed by atoms with Crippen molar-refractivity contribution in [3.05, 3.63) is 51.0 Å². The zero-order valence-corrected chi connectivity index (χ0v) is 19.1. The lowest BCUT2D eigenvalue weighted by atomic mass is 10.2. The highest BCUT2D eigenvalue weighted by atomic mass is 32.1. The lowest BCUT2D eigenvalue weighted by Gasteiger charge is -2.13. The van der Waals surface area contributed by atoms with E-state index < -0.39 is 47.5 Å². The number of nitrogens with one attached hydrogen (secondary N) is 2. The van der Waals surface area contributed by atoms with Crippen LogP contribution in [0.25, 0.3) is 0 Å². The fourth-order valence-corrected chi connectivity index (χ4v) is 3.33. The number of rotatable bonds is 7. The van der Waals surface area contributed by atoms with Crippen molar-refractivity contribution in [2.24, 2.45) is 5.73 Å². The summed E-state index contributed by atoms with van der Waals surface area (Å²) in [6.45, 7) is 1.61. The van der Waals surface area contributed by atoms with Crippen LogP contribution in [0, 0.1) is 12.7 Å². The predicted octanol–water partition coefficient (Wildman–Crippen LogP) is 1.69. The number of hydrogen-bond donors (Lipinski definition) is 5. The maximum absolute atomic E-state index is 13.1. The summed E-state index contributed by atoms with van der Waals surface area (Å²) in [7, 11) is 1.19. The number of carboxylic acids is 1. The second-order valence-electron chi connectivity index (χ2n) is 6.68. The number of methoxy groups -OCH3 is 1. The third-order valence-electron chi connectivity index (χ3n) is 4.08. The van der Waals surface area contributed by atoms with Crippen molar-refractivity contribution >= 4 is 35.1 Å². The first-order valence-electron chi connectivity index (χ1n) is 9.46. The molecule has 0 saturated carbocycles. The van der Waals surface area contributed by atoms with E-state index >= 15 is 0 Å². The Morgan fingerprint density at radius 3 is 2.26 bits per heavy atom. The number of aromatic hydroxyl groups is 1. The summed E-state index contributed by atoms with van der Waals surface area (Å²) in [4.78, 5) is 45.7. The van der Waals surface area contributed by atoms with Crippen molar-refractivity contribution in [2.75, 3.05) is 13.7 Å². The van der Waals surface area contributed by atoms with Crippen LogP contribution in [0.4, 0.5) is 17.6 Å². The minimum atomic E-state index is -5.08. The van der Waals surface area contributed by atoms with E-state index in [4.69, 9.17) is 15.6 Å². The standard InChI is InChI=1S/C18H20FN3O5S.C2HF3O2/c1-9-5-14(16(24)21-8-10-3-4-11(19)13(23)6-10)28-15(9)17(25)22-12(7-20)18(26)27-2;3-2(4,5)1(6)7/h3-6,12,23H,7-8,20H2,1-2H3,(H,21,24)(H,22,25);(H,6,7)/t12-;/m0./s1. The largest absolute Gasteiger partial charge is 0.505 e. The van der Waals surface area contributed by atoms with Crippen LogP contribution in [0.15, 0.2) is 24.3 Å². The minimum Gasteiger partial charge on any atom is -0.505 e. The van der Waals surface area contributed by atoms with Crippen LogP contribution in [0.5, 0.6) is 5.75 Å². The molecule has 0 aliphatic heterocycles. The zero-order chi connectivity index (χ0) is 26.9. The van der Waals surface area contributed by atoms with Crippen LogP contribution in [-0.4, -0.2) is 59.8 Å². The van der Waals surface area contributed by atoms with Crippen LogP contribution >= 0.6 is 11.3 Å². The van der Waals surface area contributed by atoms with Crippen molar-refractivity contribution in [3.63, 3.8) is 0 Å². The number of alkyl halides is 3. The predicted molar refractivity (Wildman–Crippen MR) is 114 cm³/mol. The Labute approximate surface area is 199 Å². The van der Waals surface area contributed by atoms with Gasteiger partial charge in [-0.1, -0.05) is 6.07 Å². The molecule has 0 spiro atoms. The molecule has 0 saturated heterocycles. The maximum Gasteiger partial charge on any atom is 0.490 e. The van der Waals surface area contributed by atoms with Crippen molar-refractivity contribution in [3.8, 4) is 5.75 Å². The van der Waals surface area contributed by atoms with E-state index in [1.165, 1.54) is 19.2 Å². The van der Waals surface area contributed by atoms with Gasteiger partial charge < -0.3 is 31.3 Å². The number of thiophene rings is 1. The number of amides is 2. The molecule has 10 nitrogen and oxygen atoms in total. The molecule has 1 aromatic heterocycles. The Hall–Kier alpha value is -3.72. The summed E-state index contributed by atoms with van der Waals surface area (Å²) < 4.78 is 49.4. The van der Waals surface area contributed by atoms with E-state index in [2.05, 4.69) is 15.4 Å². The topological polar surface area (TPSA) is 168 Å². The number of aryl methyl sites for hydroxylation is 1. The number of hydrogen-bond acceptors (Lipinski definition) is 8. The van der Waals surface area contributed by atoms with E-state index in [0.29, 0.717) is 11.1 Å². The maximum atomic E-state index is 13.1. The number of esters is 1. The van der Waals surface area contributed by atoms with Crippen molar-refractivity contribution in [2.45, 2.75) is 25.7 Å². The lowest BCUT2D eigenvalue weighted by Crippen LogP contribution is -2.46. The van der Waals surface area contributed by atoms with Gasteiger partial charge in [0, 0.05) is 13.1 Å². The van der Waals surface area contributed by atoms with Gasteiger partial charge in [0.15, 0.2) is 11.6 Å². The van der Waals surface area contributed by atoms with Gasteiger partial charge in [0.25, 0.3) is 11.8 Å². The molecule has 1 aromatic carbocycles. The zero-order valence-electron chi connectivity index (χ0n) is 18.2. The van der Waals surface area contributed by atoms with E-state index in [0.717, 1.165) is 17.4 Å². The summed E-state index contributed by atoms with van der Waals surface area (Å²) in [6.07, 6.45) is -5.08. The molecule has 15 heteroatoms. The Morgan fingerprint density at radius 1 is 1.17 bits per heavy atom. The van der Waals surface area contributed by atoms with Crippen LogP contribution in [0.2, 0.25) is 0 Å². The number of carbonyl (C=O) groups excluding carboxylic acids is 3. The van der Waals surface area contributed by atoms with Crippen molar-refractivity contribution < 1.29 is 51.7 Å². The normalized spacial score (nSPS) is 11.5. The van der Waals surface area contributed by atoms with Gasteiger partial charge in [-0.15, -0.1) is 11.3 Å². The first kappa shape index (κ1) is 29.3. The molecule has 1 atom stereocenters. The quantitative estimate of drug-likeness (QED) is 0.270. The molecule has 0 radical (unpaired) electrons. The summed E-state index contributed by atoms with van der Waals surface area (Å²) in [5.41, 5.74) is 6.54. The number of phenolic OH excluding ortho intramolecular Hbond substituents is 1. The molecule has 0 bridgehead atoms. The molecule has 6 N–H and O–H groups in total. The fraction of sp³-hybridized carbons (Fsp3) is 0.300. The highest BCUT2D eigenvalue weighted by Gasteiger charge is 2.38. The number of phenols is 1. The molecule has 0 aliphatic rings. The molecule has 0 fully saturated rings.